The third kappa shape index (κ3) is 1.52. The maximum atomic E-state index is 9.56. The second-order valence-corrected chi connectivity index (χ2v) is 2.90. The number of fused-ring (bicyclic) bond motifs is 1. The first-order valence-corrected chi connectivity index (χ1v) is 4.33. The number of pyridine rings is 2. The van der Waals surface area contributed by atoms with E-state index < -0.39 is 0 Å². The minimum absolute atomic E-state index is 0.0703. The van der Waals surface area contributed by atoms with Gasteiger partial charge in [0.1, 0.15) is 11.3 Å². The minimum atomic E-state index is 0.0703. The molecule has 1 N–H and O–H groups in total. The zero-order chi connectivity index (χ0) is 10.8. The van der Waals surface area contributed by atoms with E-state index in [1.807, 2.05) is 0 Å². The highest BCUT2D eigenvalue weighted by molar-refractivity contribution is 5.82. The number of aromatic nitrogens is 2. The van der Waals surface area contributed by atoms with Crippen LogP contribution in [0.5, 0.6) is 17.4 Å². The molecule has 0 aliphatic rings. The second-order valence-electron chi connectivity index (χ2n) is 2.90. The molecule has 78 valence electrons. The lowest BCUT2D eigenvalue weighted by atomic mass is 10.3. The normalized spacial score (nSPS) is 10.3. The smallest absolute Gasteiger partial charge is 0.257 e. The molecule has 0 radical (unpaired) electrons. The summed E-state index contributed by atoms with van der Waals surface area (Å²) in [6.45, 7) is 0. The van der Waals surface area contributed by atoms with Crippen LogP contribution in [-0.2, 0) is 0 Å². The number of hydrogen-bond donors (Lipinski definition) is 1. The molecular formula is C10H10N2O3. The molecule has 0 bridgehead atoms. The Kier molecular flexibility index (Phi) is 2.29. The number of methoxy groups -OCH3 is 2. The Balaban J connectivity index is 2.75. The van der Waals surface area contributed by atoms with E-state index >= 15 is 0 Å². The quantitative estimate of drug-likeness (QED) is 0.803. The summed E-state index contributed by atoms with van der Waals surface area (Å²) in [6.07, 6.45) is 1.51. The van der Waals surface area contributed by atoms with Gasteiger partial charge in [0.25, 0.3) is 5.88 Å². The topological polar surface area (TPSA) is 64.5 Å². The first-order valence-electron chi connectivity index (χ1n) is 4.33. The van der Waals surface area contributed by atoms with E-state index in [2.05, 4.69) is 9.97 Å². The molecule has 0 aromatic carbocycles. The summed E-state index contributed by atoms with van der Waals surface area (Å²) in [6, 6.07) is 3.14. The van der Waals surface area contributed by atoms with Crippen LogP contribution in [0.2, 0.25) is 0 Å². The lowest BCUT2D eigenvalue weighted by Gasteiger charge is -2.07. The number of ether oxygens (including phenoxy) is 2. The van der Waals surface area contributed by atoms with Gasteiger partial charge in [-0.05, 0) is 0 Å². The highest BCUT2D eigenvalue weighted by Crippen LogP contribution is 2.30. The average molecular weight is 206 g/mol. The van der Waals surface area contributed by atoms with Crippen LogP contribution >= 0.6 is 0 Å². The Hall–Kier alpha value is -2.04. The molecule has 2 aromatic rings. The van der Waals surface area contributed by atoms with Crippen molar-refractivity contribution in [3.8, 4) is 17.4 Å². The average Bonchev–Trinajstić information content (AvgIpc) is 2.28. The molecule has 0 amide bonds. The van der Waals surface area contributed by atoms with Gasteiger partial charge in [-0.1, -0.05) is 0 Å². The Bertz CT molecular complexity index is 499. The maximum absolute atomic E-state index is 9.56. The summed E-state index contributed by atoms with van der Waals surface area (Å²) in [4.78, 5) is 8.17. The van der Waals surface area contributed by atoms with E-state index in [0.29, 0.717) is 22.7 Å². The third-order valence-corrected chi connectivity index (χ3v) is 2.04. The zero-order valence-electron chi connectivity index (χ0n) is 8.39. The fourth-order valence-corrected chi connectivity index (χ4v) is 1.31. The van der Waals surface area contributed by atoms with E-state index in [-0.39, 0.29) is 5.75 Å². The van der Waals surface area contributed by atoms with Crippen molar-refractivity contribution >= 4 is 11.0 Å². The van der Waals surface area contributed by atoms with Crippen molar-refractivity contribution in [2.75, 3.05) is 14.2 Å². The van der Waals surface area contributed by atoms with Crippen LogP contribution in [0.4, 0.5) is 0 Å². The van der Waals surface area contributed by atoms with E-state index in [9.17, 15) is 5.11 Å². The number of rotatable bonds is 2. The van der Waals surface area contributed by atoms with Crippen LogP contribution in [0.3, 0.4) is 0 Å². The van der Waals surface area contributed by atoms with Crippen LogP contribution < -0.4 is 9.47 Å². The summed E-state index contributed by atoms with van der Waals surface area (Å²) in [5.41, 5.74) is 0.961. The van der Waals surface area contributed by atoms with Crippen molar-refractivity contribution in [1.29, 1.82) is 0 Å². The highest BCUT2D eigenvalue weighted by atomic mass is 16.5. The molecular weight excluding hydrogens is 196 g/mol. The highest BCUT2D eigenvalue weighted by Gasteiger charge is 2.10. The Morgan fingerprint density at radius 2 is 2.07 bits per heavy atom. The van der Waals surface area contributed by atoms with Crippen LogP contribution in [0, 0.1) is 0 Å². The van der Waals surface area contributed by atoms with Crippen molar-refractivity contribution in [2.45, 2.75) is 0 Å². The fourth-order valence-electron chi connectivity index (χ4n) is 1.31. The molecule has 0 saturated heterocycles. The van der Waals surface area contributed by atoms with Gasteiger partial charge in [-0.25, -0.2) is 4.98 Å². The molecule has 0 fully saturated rings. The van der Waals surface area contributed by atoms with Gasteiger partial charge in [0.15, 0.2) is 5.75 Å². The zero-order valence-corrected chi connectivity index (χ0v) is 8.39. The van der Waals surface area contributed by atoms with Gasteiger partial charge in [-0.2, -0.15) is 0 Å². The van der Waals surface area contributed by atoms with Crippen molar-refractivity contribution in [2.24, 2.45) is 0 Å². The van der Waals surface area contributed by atoms with E-state index in [1.54, 1.807) is 6.07 Å². The summed E-state index contributed by atoms with van der Waals surface area (Å²) in [7, 11) is 3.01. The van der Waals surface area contributed by atoms with Crippen molar-refractivity contribution < 1.29 is 14.6 Å². The predicted octanol–water partition coefficient (Wildman–Crippen LogP) is 1.35. The Labute approximate surface area is 86.3 Å². The fraction of sp³-hybridized carbons (Fsp3) is 0.200. The number of nitrogens with zero attached hydrogens (tertiary/aromatic N) is 2. The van der Waals surface area contributed by atoms with Gasteiger partial charge in [0, 0.05) is 18.3 Å². The molecule has 2 heterocycles. The van der Waals surface area contributed by atoms with Crippen LogP contribution in [0.25, 0.3) is 11.0 Å². The lowest BCUT2D eigenvalue weighted by molar-refractivity contribution is 0.344. The van der Waals surface area contributed by atoms with Crippen molar-refractivity contribution in [3.63, 3.8) is 0 Å². The molecule has 0 spiro atoms. The molecule has 2 aromatic heterocycles. The molecule has 0 unspecified atom stereocenters. The molecule has 15 heavy (non-hydrogen) atoms. The van der Waals surface area contributed by atoms with Gasteiger partial charge >= 0.3 is 0 Å². The summed E-state index contributed by atoms with van der Waals surface area (Å²) < 4.78 is 10.1. The Morgan fingerprint density at radius 1 is 1.27 bits per heavy atom. The Morgan fingerprint density at radius 3 is 2.73 bits per heavy atom. The first kappa shape index (κ1) is 9.51. The second kappa shape index (κ2) is 3.61. The van der Waals surface area contributed by atoms with Gasteiger partial charge in [-0.15, -0.1) is 0 Å². The lowest BCUT2D eigenvalue weighted by Crippen LogP contribution is -1.95. The molecule has 2 rings (SSSR count). The van der Waals surface area contributed by atoms with Crippen LogP contribution in [0.1, 0.15) is 0 Å². The molecule has 0 aliphatic carbocycles. The van der Waals surface area contributed by atoms with Crippen molar-refractivity contribution in [3.05, 3.63) is 18.3 Å². The van der Waals surface area contributed by atoms with E-state index in [0.717, 1.165) is 0 Å². The molecule has 5 nitrogen and oxygen atoms in total. The van der Waals surface area contributed by atoms with Crippen LogP contribution in [0.15, 0.2) is 18.3 Å². The molecule has 0 atom stereocenters. The maximum Gasteiger partial charge on any atom is 0.257 e. The van der Waals surface area contributed by atoms with Gasteiger partial charge in [-0.3, -0.25) is 4.98 Å². The number of hydrogen-bond acceptors (Lipinski definition) is 5. The summed E-state index contributed by atoms with van der Waals surface area (Å²) in [5.74, 6) is 0.886. The standard InChI is InChI=1S/C10H10N2O3/c1-14-8-5-6-9(12-10(8)15-2)7(13)3-4-11-6/h3-5H,1-2H3,(H,11,13). The largest absolute Gasteiger partial charge is 0.506 e. The van der Waals surface area contributed by atoms with Gasteiger partial charge in [0.05, 0.1) is 19.7 Å². The van der Waals surface area contributed by atoms with Crippen molar-refractivity contribution in [1.82, 2.24) is 9.97 Å². The third-order valence-electron chi connectivity index (χ3n) is 2.04. The minimum Gasteiger partial charge on any atom is -0.506 e. The SMILES string of the molecule is COc1cc2nccc(O)c2nc1OC. The molecule has 0 aliphatic heterocycles. The first-order chi connectivity index (χ1) is 7.26. The van der Waals surface area contributed by atoms with E-state index in [4.69, 9.17) is 9.47 Å². The van der Waals surface area contributed by atoms with Gasteiger partial charge in [0.2, 0.25) is 0 Å². The molecule has 5 heteroatoms. The monoisotopic (exact) mass is 206 g/mol. The van der Waals surface area contributed by atoms with Gasteiger partial charge < -0.3 is 14.6 Å². The van der Waals surface area contributed by atoms with E-state index in [1.165, 1.54) is 26.5 Å². The summed E-state index contributed by atoms with van der Waals surface area (Å²) >= 11 is 0. The van der Waals surface area contributed by atoms with Crippen LogP contribution in [-0.4, -0.2) is 29.3 Å². The molecule has 0 saturated carbocycles. The summed E-state index contributed by atoms with van der Waals surface area (Å²) in [5, 5.41) is 9.56. The number of aromatic hydroxyl groups is 1. The predicted molar refractivity (Wildman–Crippen MR) is 54.3 cm³/mol.